The second-order valence-electron chi connectivity index (χ2n) is 2.55. The van der Waals surface area contributed by atoms with Crippen LogP contribution in [0.5, 0.6) is 5.75 Å². The van der Waals surface area contributed by atoms with E-state index >= 15 is 0 Å². The maximum absolute atomic E-state index is 5.81. The molecule has 0 aliphatic carbocycles. The molecule has 1 aliphatic rings. The van der Waals surface area contributed by atoms with Gasteiger partial charge in [0.05, 0.1) is 12.2 Å². The highest BCUT2D eigenvalue weighted by molar-refractivity contribution is 9.09. The van der Waals surface area contributed by atoms with Gasteiger partial charge < -0.3 is 10.1 Å². The number of hydrogen-bond acceptors (Lipinski definition) is 2. The van der Waals surface area contributed by atoms with Crippen molar-refractivity contribution in [1.29, 1.82) is 0 Å². The first-order chi connectivity index (χ1) is 5.75. The molecule has 1 unspecified atom stereocenters. The largest absolute Gasteiger partial charge is 0.475 e. The monoisotopic (exact) mass is 247 g/mol. The normalized spacial score (nSPS) is 20.7. The van der Waals surface area contributed by atoms with Gasteiger partial charge in [0.2, 0.25) is 0 Å². The van der Waals surface area contributed by atoms with Crippen LogP contribution in [0.2, 0.25) is 5.02 Å². The average Bonchev–Trinajstić information content (AvgIpc) is 2.05. The third kappa shape index (κ3) is 1.52. The zero-order valence-electron chi connectivity index (χ0n) is 6.18. The molecule has 1 atom stereocenters. The smallest absolute Gasteiger partial charge is 0.170 e. The van der Waals surface area contributed by atoms with Crippen molar-refractivity contribution in [2.45, 2.75) is 5.01 Å². The molecule has 1 aromatic rings. The lowest BCUT2D eigenvalue weighted by Gasteiger charge is -2.23. The molecule has 0 saturated carbocycles. The fraction of sp³-hybridized carbons (Fsp3) is 0.250. The van der Waals surface area contributed by atoms with Gasteiger partial charge >= 0.3 is 0 Å². The van der Waals surface area contributed by atoms with Gasteiger partial charge in [-0.05, 0) is 34.1 Å². The molecule has 0 aromatic heterocycles. The van der Waals surface area contributed by atoms with Gasteiger partial charge in [-0.15, -0.1) is 0 Å². The number of nitrogens with one attached hydrogen (secondary N) is 1. The highest BCUT2D eigenvalue weighted by atomic mass is 79.9. The van der Waals surface area contributed by atoms with Crippen molar-refractivity contribution in [2.24, 2.45) is 0 Å². The Hall–Kier alpha value is -0.410. The summed E-state index contributed by atoms with van der Waals surface area (Å²) in [6.07, 6.45) is 0. The number of hydrogen-bond donors (Lipinski definition) is 1. The van der Waals surface area contributed by atoms with E-state index in [1.54, 1.807) is 0 Å². The van der Waals surface area contributed by atoms with Crippen molar-refractivity contribution < 1.29 is 4.74 Å². The van der Waals surface area contributed by atoms with Gasteiger partial charge in [0.15, 0.2) is 5.01 Å². The Labute approximate surface area is 84.0 Å². The minimum absolute atomic E-state index is 0.0474. The third-order valence-corrected chi connectivity index (χ3v) is 2.40. The molecule has 0 fully saturated rings. The SMILES string of the molecule is Clc1ccc2c(c1)NCC(Br)O2. The predicted molar refractivity (Wildman–Crippen MR) is 53.3 cm³/mol. The lowest BCUT2D eigenvalue weighted by Crippen LogP contribution is -2.25. The quantitative estimate of drug-likeness (QED) is 0.713. The highest BCUT2D eigenvalue weighted by Gasteiger charge is 2.15. The Kier molecular flexibility index (Phi) is 2.15. The van der Waals surface area contributed by atoms with Gasteiger partial charge in [-0.2, -0.15) is 0 Å². The first-order valence-electron chi connectivity index (χ1n) is 3.60. The number of ether oxygens (including phenoxy) is 1. The molecule has 0 amide bonds. The maximum Gasteiger partial charge on any atom is 0.170 e. The first kappa shape index (κ1) is 8.20. The van der Waals surface area contributed by atoms with Crippen LogP contribution in [0.3, 0.4) is 0 Å². The standard InChI is InChI=1S/C8H7BrClNO/c9-8-4-11-6-3-5(10)1-2-7(6)12-8/h1-3,8,11H,4H2. The summed E-state index contributed by atoms with van der Waals surface area (Å²) in [6, 6.07) is 5.53. The minimum atomic E-state index is 0.0474. The average molecular weight is 249 g/mol. The molecular weight excluding hydrogens is 241 g/mol. The van der Waals surface area contributed by atoms with E-state index < -0.39 is 0 Å². The van der Waals surface area contributed by atoms with Crippen LogP contribution in [-0.2, 0) is 0 Å². The molecule has 2 nitrogen and oxygen atoms in total. The summed E-state index contributed by atoms with van der Waals surface area (Å²) in [7, 11) is 0. The topological polar surface area (TPSA) is 21.3 Å². The Balaban J connectivity index is 2.37. The number of halogens is 2. The van der Waals surface area contributed by atoms with Crippen LogP contribution < -0.4 is 10.1 Å². The van der Waals surface area contributed by atoms with Gasteiger partial charge in [0, 0.05) is 5.02 Å². The van der Waals surface area contributed by atoms with Gasteiger partial charge in [0.25, 0.3) is 0 Å². The summed E-state index contributed by atoms with van der Waals surface area (Å²) in [6.45, 7) is 0.757. The number of alkyl halides is 1. The number of anilines is 1. The van der Waals surface area contributed by atoms with E-state index in [4.69, 9.17) is 16.3 Å². The van der Waals surface area contributed by atoms with Crippen molar-refractivity contribution in [3.8, 4) is 5.75 Å². The Bertz CT molecular complexity index is 305. The molecular formula is C8H7BrClNO. The Morgan fingerprint density at radius 3 is 3.25 bits per heavy atom. The fourth-order valence-corrected chi connectivity index (χ4v) is 1.65. The van der Waals surface area contributed by atoms with Crippen molar-refractivity contribution in [2.75, 3.05) is 11.9 Å². The van der Waals surface area contributed by atoms with E-state index in [2.05, 4.69) is 21.2 Å². The van der Waals surface area contributed by atoms with Crippen molar-refractivity contribution in [3.63, 3.8) is 0 Å². The van der Waals surface area contributed by atoms with Gasteiger partial charge in [-0.3, -0.25) is 0 Å². The van der Waals surface area contributed by atoms with E-state index in [-0.39, 0.29) is 5.01 Å². The van der Waals surface area contributed by atoms with Crippen molar-refractivity contribution in [1.82, 2.24) is 0 Å². The molecule has 12 heavy (non-hydrogen) atoms. The van der Waals surface area contributed by atoms with Crippen LogP contribution in [0, 0.1) is 0 Å². The van der Waals surface area contributed by atoms with Crippen molar-refractivity contribution >= 4 is 33.2 Å². The second-order valence-corrected chi connectivity index (χ2v) is 4.01. The van der Waals surface area contributed by atoms with Crippen LogP contribution >= 0.6 is 27.5 Å². The summed E-state index contributed by atoms with van der Waals surface area (Å²) in [5.74, 6) is 0.840. The van der Waals surface area contributed by atoms with Gasteiger partial charge in [0.1, 0.15) is 5.75 Å². The molecule has 1 heterocycles. The number of fused-ring (bicyclic) bond motifs is 1. The fourth-order valence-electron chi connectivity index (χ4n) is 1.11. The molecule has 1 aromatic carbocycles. The van der Waals surface area contributed by atoms with E-state index in [0.717, 1.165) is 23.0 Å². The molecule has 0 bridgehead atoms. The summed E-state index contributed by atoms with van der Waals surface area (Å²) < 4.78 is 5.48. The zero-order valence-corrected chi connectivity index (χ0v) is 8.52. The number of rotatable bonds is 0. The third-order valence-electron chi connectivity index (χ3n) is 1.65. The first-order valence-corrected chi connectivity index (χ1v) is 4.89. The Morgan fingerprint density at radius 1 is 1.58 bits per heavy atom. The molecule has 1 aliphatic heterocycles. The van der Waals surface area contributed by atoms with Crippen LogP contribution in [-0.4, -0.2) is 11.6 Å². The summed E-state index contributed by atoms with van der Waals surface area (Å²) in [5.41, 5.74) is 0.957. The van der Waals surface area contributed by atoms with Crippen LogP contribution in [0.1, 0.15) is 0 Å². The van der Waals surface area contributed by atoms with Crippen LogP contribution in [0.4, 0.5) is 5.69 Å². The highest BCUT2D eigenvalue weighted by Crippen LogP contribution is 2.32. The van der Waals surface area contributed by atoms with E-state index in [1.165, 1.54) is 0 Å². The molecule has 0 radical (unpaired) electrons. The molecule has 64 valence electrons. The van der Waals surface area contributed by atoms with E-state index in [0.29, 0.717) is 0 Å². The van der Waals surface area contributed by atoms with Crippen LogP contribution in [0.25, 0.3) is 0 Å². The lowest BCUT2D eigenvalue weighted by molar-refractivity contribution is 0.297. The van der Waals surface area contributed by atoms with Crippen molar-refractivity contribution in [3.05, 3.63) is 23.2 Å². The zero-order chi connectivity index (χ0) is 8.55. The van der Waals surface area contributed by atoms with E-state index in [1.807, 2.05) is 18.2 Å². The van der Waals surface area contributed by atoms with Gasteiger partial charge in [-0.1, -0.05) is 11.6 Å². The van der Waals surface area contributed by atoms with E-state index in [9.17, 15) is 0 Å². The molecule has 1 N–H and O–H groups in total. The summed E-state index contributed by atoms with van der Waals surface area (Å²) in [5, 5.41) is 3.96. The maximum atomic E-state index is 5.81. The van der Waals surface area contributed by atoms with Gasteiger partial charge in [-0.25, -0.2) is 0 Å². The Morgan fingerprint density at radius 2 is 2.42 bits per heavy atom. The molecule has 0 spiro atoms. The molecule has 0 saturated heterocycles. The summed E-state index contributed by atoms with van der Waals surface area (Å²) >= 11 is 9.16. The number of benzene rings is 1. The van der Waals surface area contributed by atoms with Crippen LogP contribution in [0.15, 0.2) is 18.2 Å². The predicted octanol–water partition coefficient (Wildman–Crippen LogP) is 2.87. The lowest BCUT2D eigenvalue weighted by atomic mass is 10.2. The molecule has 4 heteroatoms. The molecule has 2 rings (SSSR count). The summed E-state index contributed by atoms with van der Waals surface area (Å²) in [4.78, 5) is 0. The second kappa shape index (κ2) is 3.15. The minimum Gasteiger partial charge on any atom is -0.475 e.